The van der Waals surface area contributed by atoms with Crippen LogP contribution in [0.1, 0.15) is 0 Å². The van der Waals surface area contributed by atoms with E-state index in [1.165, 1.54) is 120 Å². The number of hydrogen-bond donors (Lipinski definition) is 0. The minimum atomic E-state index is 1.14. The maximum atomic E-state index is 2.45. The maximum absolute atomic E-state index is 2.45. The van der Waals surface area contributed by atoms with Gasteiger partial charge in [0.25, 0.3) is 0 Å². The summed E-state index contributed by atoms with van der Waals surface area (Å²) in [6, 6.07) is 89.5. The Morgan fingerprint density at radius 2 is 0.591 bits per heavy atom. The van der Waals surface area contributed by atoms with Gasteiger partial charge in [0.05, 0.1) is 22.1 Å². The van der Waals surface area contributed by atoms with Crippen molar-refractivity contribution in [3.8, 4) is 44.8 Å². The number of fused-ring (bicyclic) bond motifs is 14. The Morgan fingerprint density at radius 3 is 1.18 bits per heavy atom. The average molecular weight is 837 g/mol. The Bertz CT molecular complexity index is 4280. The van der Waals surface area contributed by atoms with Crippen LogP contribution in [-0.2, 0) is 0 Å². The average Bonchev–Trinajstić information content (AvgIpc) is 3.91. The van der Waals surface area contributed by atoms with E-state index in [1.54, 1.807) is 0 Å². The first-order chi connectivity index (χ1) is 32.7. The van der Waals surface area contributed by atoms with E-state index in [4.69, 9.17) is 0 Å². The lowest BCUT2D eigenvalue weighted by Crippen LogP contribution is -1.95. The van der Waals surface area contributed by atoms with Gasteiger partial charge in [-0.3, -0.25) is 0 Å². The van der Waals surface area contributed by atoms with Gasteiger partial charge in [0.2, 0.25) is 0 Å². The van der Waals surface area contributed by atoms with E-state index in [-0.39, 0.29) is 0 Å². The molecule has 306 valence electrons. The largest absolute Gasteiger partial charge is 0.309 e. The minimum Gasteiger partial charge on any atom is -0.309 e. The molecule has 0 fully saturated rings. The summed E-state index contributed by atoms with van der Waals surface area (Å²) in [4.78, 5) is 0. The predicted molar refractivity (Wildman–Crippen MR) is 281 cm³/mol. The second-order valence-electron chi connectivity index (χ2n) is 17.6. The van der Waals surface area contributed by atoms with Crippen LogP contribution in [-0.4, -0.2) is 9.13 Å². The number of nitrogens with zero attached hydrogens (tertiary/aromatic N) is 2. The van der Waals surface area contributed by atoms with Crippen molar-refractivity contribution in [2.24, 2.45) is 0 Å². The molecule has 66 heavy (non-hydrogen) atoms. The third-order valence-corrected chi connectivity index (χ3v) is 14.1. The summed E-state index contributed by atoms with van der Waals surface area (Å²) in [5.74, 6) is 0. The first-order valence-electron chi connectivity index (χ1n) is 22.8. The molecule has 0 radical (unpaired) electrons. The lowest BCUT2D eigenvalue weighted by Gasteiger charge is -2.17. The number of benzene rings is 12. The molecule has 0 spiro atoms. The van der Waals surface area contributed by atoms with Crippen LogP contribution in [0.5, 0.6) is 0 Å². The Labute approximate surface area is 381 Å². The molecule has 0 bridgehead atoms. The van der Waals surface area contributed by atoms with E-state index in [9.17, 15) is 0 Å². The predicted octanol–water partition coefficient (Wildman–Crippen LogP) is 17.5. The molecular weight excluding hydrogens is 797 g/mol. The summed E-state index contributed by atoms with van der Waals surface area (Å²) in [5.41, 5.74) is 14.3. The molecule has 2 nitrogen and oxygen atoms in total. The molecular formula is C64H40N2. The van der Waals surface area contributed by atoms with Crippen molar-refractivity contribution < 1.29 is 0 Å². The van der Waals surface area contributed by atoms with E-state index >= 15 is 0 Å². The van der Waals surface area contributed by atoms with Crippen molar-refractivity contribution in [2.75, 3.05) is 0 Å². The summed E-state index contributed by atoms with van der Waals surface area (Å²) >= 11 is 0. The molecule has 0 aliphatic rings. The van der Waals surface area contributed by atoms with Gasteiger partial charge in [-0.25, -0.2) is 0 Å². The van der Waals surface area contributed by atoms with Gasteiger partial charge in [0.1, 0.15) is 0 Å². The second kappa shape index (κ2) is 14.4. The highest BCUT2D eigenvalue weighted by molar-refractivity contribution is 6.33. The Hall–Kier alpha value is -8.72. The Morgan fingerprint density at radius 1 is 0.197 bits per heavy atom. The Balaban J connectivity index is 0.917. The fraction of sp³-hybridized carbons (Fsp3) is 0. The molecule has 0 aliphatic carbocycles. The van der Waals surface area contributed by atoms with E-state index in [1.807, 2.05) is 0 Å². The standard InChI is InChI=1S/C64H40N2/c1-2-16-41(17-3-1)42-18-14-20-46(36-42)65-60-30-12-10-26-52(60)57-38-43(32-34-62(57)65)44-33-35-63-58(39-44)53-27-11-13-31-61(53)66(63)47-21-15-19-45(37-47)56-40-59-50-24-5-4-22-48(50)49-23-6-8-28-54(49)64(59)55-29-9-7-25-51(55)56/h1-40H. The van der Waals surface area contributed by atoms with Crippen molar-refractivity contribution in [1.82, 2.24) is 9.13 Å². The van der Waals surface area contributed by atoms with Gasteiger partial charge in [-0.1, -0.05) is 176 Å². The van der Waals surface area contributed by atoms with Gasteiger partial charge in [0.15, 0.2) is 0 Å². The zero-order valence-corrected chi connectivity index (χ0v) is 36.0. The van der Waals surface area contributed by atoms with Crippen molar-refractivity contribution in [3.05, 3.63) is 243 Å². The van der Waals surface area contributed by atoms with Gasteiger partial charge in [-0.15, -0.1) is 0 Å². The summed E-state index contributed by atoms with van der Waals surface area (Å²) < 4.78 is 4.86. The number of para-hydroxylation sites is 2. The highest BCUT2D eigenvalue weighted by atomic mass is 15.0. The van der Waals surface area contributed by atoms with Crippen molar-refractivity contribution in [2.45, 2.75) is 0 Å². The van der Waals surface area contributed by atoms with Crippen LogP contribution in [0, 0.1) is 0 Å². The molecule has 0 saturated heterocycles. The van der Waals surface area contributed by atoms with Crippen LogP contribution in [0.15, 0.2) is 243 Å². The maximum Gasteiger partial charge on any atom is 0.0541 e. The molecule has 2 heterocycles. The fourth-order valence-corrected chi connectivity index (χ4v) is 11.1. The van der Waals surface area contributed by atoms with E-state index in [2.05, 4.69) is 252 Å². The molecule has 0 aliphatic heterocycles. The van der Waals surface area contributed by atoms with Crippen LogP contribution in [0.25, 0.3) is 131 Å². The summed E-state index contributed by atoms with van der Waals surface area (Å²) in [6.45, 7) is 0. The van der Waals surface area contributed by atoms with Gasteiger partial charge >= 0.3 is 0 Å². The van der Waals surface area contributed by atoms with E-state index in [0.29, 0.717) is 0 Å². The third-order valence-electron chi connectivity index (χ3n) is 14.1. The van der Waals surface area contributed by atoms with Crippen LogP contribution in [0.2, 0.25) is 0 Å². The zero-order chi connectivity index (χ0) is 43.3. The number of aromatic nitrogens is 2. The second-order valence-corrected chi connectivity index (χ2v) is 17.6. The van der Waals surface area contributed by atoms with Crippen LogP contribution in [0.3, 0.4) is 0 Å². The SMILES string of the molecule is c1ccc(-c2cccc(-n3c4ccccc4c4cc(-c5ccc6c(c5)c5ccccc5n6-c5cccc(-c6cc7c8ccccc8c8ccccc8c7c7ccccc67)c5)ccc43)c2)cc1. The van der Waals surface area contributed by atoms with Crippen LogP contribution < -0.4 is 0 Å². The van der Waals surface area contributed by atoms with E-state index in [0.717, 1.165) is 11.4 Å². The molecule has 0 N–H and O–H groups in total. The van der Waals surface area contributed by atoms with Gasteiger partial charge in [-0.05, 0) is 143 Å². The molecule has 14 aromatic rings. The van der Waals surface area contributed by atoms with Crippen LogP contribution in [0.4, 0.5) is 0 Å². The molecule has 2 aromatic heterocycles. The van der Waals surface area contributed by atoms with Crippen molar-refractivity contribution in [1.29, 1.82) is 0 Å². The molecule has 0 amide bonds. The molecule has 0 saturated carbocycles. The Kier molecular flexibility index (Phi) is 8.02. The molecule has 14 rings (SSSR count). The van der Waals surface area contributed by atoms with Gasteiger partial charge < -0.3 is 9.13 Å². The summed E-state index contributed by atoms with van der Waals surface area (Å²) in [6.07, 6.45) is 0. The minimum absolute atomic E-state index is 1.14. The molecule has 12 aromatic carbocycles. The number of hydrogen-bond acceptors (Lipinski definition) is 0. The van der Waals surface area contributed by atoms with E-state index < -0.39 is 0 Å². The number of rotatable bonds is 5. The smallest absolute Gasteiger partial charge is 0.0541 e. The first kappa shape index (κ1) is 36.7. The fourth-order valence-electron chi connectivity index (χ4n) is 11.1. The molecule has 0 atom stereocenters. The van der Waals surface area contributed by atoms with Gasteiger partial charge in [-0.2, -0.15) is 0 Å². The highest BCUT2D eigenvalue weighted by Gasteiger charge is 2.19. The summed E-state index contributed by atoms with van der Waals surface area (Å²) in [7, 11) is 0. The monoisotopic (exact) mass is 836 g/mol. The zero-order valence-electron chi connectivity index (χ0n) is 36.0. The van der Waals surface area contributed by atoms with Gasteiger partial charge in [0, 0.05) is 32.9 Å². The topological polar surface area (TPSA) is 9.86 Å². The summed E-state index contributed by atoms with van der Waals surface area (Å²) in [5, 5.41) is 15.3. The highest BCUT2D eigenvalue weighted by Crippen LogP contribution is 2.44. The molecule has 0 unspecified atom stereocenters. The van der Waals surface area contributed by atoms with Crippen LogP contribution >= 0.6 is 0 Å². The quantitative estimate of drug-likeness (QED) is 0.153. The van der Waals surface area contributed by atoms with Crippen molar-refractivity contribution in [3.63, 3.8) is 0 Å². The third kappa shape index (κ3) is 5.49. The lowest BCUT2D eigenvalue weighted by atomic mass is 9.87. The first-order valence-corrected chi connectivity index (χ1v) is 22.8. The normalized spacial score (nSPS) is 11.9. The lowest BCUT2D eigenvalue weighted by molar-refractivity contribution is 1.18. The van der Waals surface area contributed by atoms with Crippen molar-refractivity contribution >= 4 is 86.7 Å². The molecule has 2 heteroatoms.